The zero-order valence-electron chi connectivity index (χ0n) is 15.0. The second-order valence-corrected chi connectivity index (χ2v) is 7.87. The monoisotopic (exact) mass is 398 g/mol. The molecule has 0 saturated carbocycles. The van der Waals surface area contributed by atoms with Crippen LogP contribution in [0.3, 0.4) is 0 Å². The van der Waals surface area contributed by atoms with Gasteiger partial charge in [0.2, 0.25) is 9.84 Å². The van der Waals surface area contributed by atoms with Crippen LogP contribution in [0, 0.1) is 0 Å². The molecule has 0 amide bonds. The molecular weight excluding hydrogens is 380 g/mol. The Morgan fingerprint density at radius 2 is 1.61 bits per heavy atom. The molecular formula is C21H18O6S. The quantitative estimate of drug-likeness (QED) is 0.651. The van der Waals surface area contributed by atoms with Gasteiger partial charge in [-0.2, -0.15) is 0 Å². The molecule has 0 aliphatic rings. The first-order chi connectivity index (χ1) is 13.4. The van der Waals surface area contributed by atoms with E-state index in [9.17, 15) is 13.2 Å². The van der Waals surface area contributed by atoms with E-state index in [-0.39, 0.29) is 21.1 Å². The summed E-state index contributed by atoms with van der Waals surface area (Å²) in [5.74, 6) is -0.518. The van der Waals surface area contributed by atoms with E-state index >= 15 is 0 Å². The molecule has 0 atom stereocenters. The van der Waals surface area contributed by atoms with Gasteiger partial charge in [-0.1, -0.05) is 36.4 Å². The predicted octanol–water partition coefficient (Wildman–Crippen LogP) is 3.81. The predicted molar refractivity (Wildman–Crippen MR) is 103 cm³/mol. The molecule has 0 aromatic heterocycles. The fourth-order valence-electron chi connectivity index (χ4n) is 2.60. The van der Waals surface area contributed by atoms with E-state index in [1.54, 1.807) is 0 Å². The number of ether oxygens (including phenoxy) is 2. The number of carbonyl (C=O) groups is 1. The van der Waals surface area contributed by atoms with Crippen LogP contribution in [0.15, 0.2) is 82.6 Å². The van der Waals surface area contributed by atoms with Crippen LogP contribution in [0.2, 0.25) is 0 Å². The Morgan fingerprint density at radius 3 is 2.29 bits per heavy atom. The van der Waals surface area contributed by atoms with Gasteiger partial charge in [0.25, 0.3) is 0 Å². The van der Waals surface area contributed by atoms with Gasteiger partial charge in [-0.25, -0.2) is 13.2 Å². The van der Waals surface area contributed by atoms with Gasteiger partial charge in [-0.05, 0) is 35.9 Å². The number of carboxylic acid groups (broad SMARTS) is 1. The van der Waals surface area contributed by atoms with E-state index in [1.165, 1.54) is 43.5 Å². The standard InChI is InChI=1S/C21H18O6S/c1-26-20-13-18(10-11-19(20)27-14-15-6-3-2-4-7-15)28(24,25)17-9-5-8-16(12-17)21(22)23/h2-13H,14H2,1H3,(H,22,23). The number of hydrogen-bond donors (Lipinski definition) is 1. The fourth-order valence-corrected chi connectivity index (χ4v) is 3.92. The molecule has 0 bridgehead atoms. The highest BCUT2D eigenvalue weighted by Gasteiger charge is 2.21. The summed E-state index contributed by atoms with van der Waals surface area (Å²) in [5, 5.41) is 9.09. The third-order valence-electron chi connectivity index (χ3n) is 4.07. The maximum absolute atomic E-state index is 12.9. The normalized spacial score (nSPS) is 11.0. The first-order valence-corrected chi connectivity index (χ1v) is 9.83. The number of methoxy groups -OCH3 is 1. The lowest BCUT2D eigenvalue weighted by Crippen LogP contribution is -2.05. The first-order valence-electron chi connectivity index (χ1n) is 8.35. The number of hydrogen-bond acceptors (Lipinski definition) is 5. The van der Waals surface area contributed by atoms with Crippen LogP contribution < -0.4 is 9.47 Å². The minimum atomic E-state index is -3.91. The third-order valence-corrected chi connectivity index (χ3v) is 5.82. The Kier molecular flexibility index (Phi) is 5.65. The second-order valence-electron chi connectivity index (χ2n) is 5.92. The number of sulfone groups is 1. The van der Waals surface area contributed by atoms with E-state index in [1.807, 2.05) is 30.3 Å². The highest BCUT2D eigenvalue weighted by molar-refractivity contribution is 7.91. The Morgan fingerprint density at radius 1 is 0.893 bits per heavy atom. The van der Waals surface area contributed by atoms with Gasteiger partial charge in [-0.15, -0.1) is 0 Å². The highest BCUT2D eigenvalue weighted by Crippen LogP contribution is 2.33. The zero-order chi connectivity index (χ0) is 20.1. The molecule has 3 rings (SSSR count). The summed E-state index contributed by atoms with van der Waals surface area (Å²) in [4.78, 5) is 11.0. The summed E-state index contributed by atoms with van der Waals surface area (Å²) in [6.45, 7) is 0.309. The summed E-state index contributed by atoms with van der Waals surface area (Å²) in [5.41, 5.74) is 0.864. The largest absolute Gasteiger partial charge is 0.493 e. The van der Waals surface area contributed by atoms with Gasteiger partial charge in [0.05, 0.1) is 22.5 Å². The zero-order valence-corrected chi connectivity index (χ0v) is 15.8. The smallest absolute Gasteiger partial charge is 0.335 e. The molecule has 0 spiro atoms. The summed E-state index contributed by atoms with van der Waals surface area (Å²) in [6.07, 6.45) is 0. The minimum Gasteiger partial charge on any atom is -0.493 e. The maximum Gasteiger partial charge on any atom is 0.335 e. The molecule has 3 aromatic carbocycles. The lowest BCUT2D eigenvalue weighted by molar-refractivity contribution is 0.0696. The number of carboxylic acids is 1. The average Bonchev–Trinajstić information content (AvgIpc) is 2.72. The van der Waals surface area contributed by atoms with Crippen molar-refractivity contribution in [3.05, 3.63) is 83.9 Å². The summed E-state index contributed by atoms with van der Waals surface area (Å²) < 4.78 is 36.8. The molecule has 1 N–H and O–H groups in total. The Labute approximate surface area is 162 Å². The van der Waals surface area contributed by atoms with Crippen molar-refractivity contribution >= 4 is 15.8 Å². The van der Waals surface area contributed by atoms with Crippen molar-refractivity contribution in [2.45, 2.75) is 16.4 Å². The van der Waals surface area contributed by atoms with Crippen molar-refractivity contribution in [3.8, 4) is 11.5 Å². The molecule has 28 heavy (non-hydrogen) atoms. The van der Waals surface area contributed by atoms with E-state index in [0.29, 0.717) is 12.4 Å². The SMILES string of the molecule is COc1cc(S(=O)(=O)c2cccc(C(=O)O)c2)ccc1OCc1ccccc1. The molecule has 0 radical (unpaired) electrons. The van der Waals surface area contributed by atoms with Crippen LogP contribution in [0.4, 0.5) is 0 Å². The molecule has 3 aromatic rings. The number of rotatable bonds is 7. The number of aromatic carboxylic acids is 1. The third kappa shape index (κ3) is 4.15. The van der Waals surface area contributed by atoms with Crippen LogP contribution in [-0.2, 0) is 16.4 Å². The van der Waals surface area contributed by atoms with Gasteiger partial charge in [0, 0.05) is 6.07 Å². The second kappa shape index (κ2) is 8.14. The van der Waals surface area contributed by atoms with Crippen molar-refractivity contribution < 1.29 is 27.8 Å². The summed E-state index contributed by atoms with van der Waals surface area (Å²) >= 11 is 0. The van der Waals surface area contributed by atoms with Gasteiger partial charge in [0.15, 0.2) is 11.5 Å². The van der Waals surface area contributed by atoms with Crippen LogP contribution in [0.25, 0.3) is 0 Å². The molecule has 0 aliphatic carbocycles. The lowest BCUT2D eigenvalue weighted by atomic mass is 10.2. The minimum absolute atomic E-state index is 0.0149. The Balaban J connectivity index is 1.90. The average molecular weight is 398 g/mol. The molecule has 144 valence electrons. The van der Waals surface area contributed by atoms with Gasteiger partial charge < -0.3 is 14.6 Å². The van der Waals surface area contributed by atoms with E-state index in [0.717, 1.165) is 11.6 Å². The molecule has 0 unspecified atom stereocenters. The van der Waals surface area contributed by atoms with Crippen LogP contribution in [0.1, 0.15) is 15.9 Å². The lowest BCUT2D eigenvalue weighted by Gasteiger charge is -2.13. The van der Waals surface area contributed by atoms with Crippen LogP contribution >= 0.6 is 0 Å². The topological polar surface area (TPSA) is 89.9 Å². The van der Waals surface area contributed by atoms with Crippen molar-refractivity contribution in [2.24, 2.45) is 0 Å². The van der Waals surface area contributed by atoms with E-state index in [2.05, 4.69) is 0 Å². The summed E-state index contributed by atoms with van der Waals surface area (Å²) in [6, 6.07) is 19.0. The molecule has 0 fully saturated rings. The van der Waals surface area contributed by atoms with Crippen LogP contribution in [0.5, 0.6) is 11.5 Å². The molecule has 7 heteroatoms. The van der Waals surface area contributed by atoms with Crippen molar-refractivity contribution in [1.29, 1.82) is 0 Å². The Hall–Kier alpha value is -3.32. The van der Waals surface area contributed by atoms with E-state index < -0.39 is 15.8 Å². The number of benzene rings is 3. The molecule has 6 nitrogen and oxygen atoms in total. The molecule has 0 aliphatic heterocycles. The molecule has 0 heterocycles. The van der Waals surface area contributed by atoms with Crippen molar-refractivity contribution in [3.63, 3.8) is 0 Å². The fraction of sp³-hybridized carbons (Fsp3) is 0.0952. The first kappa shape index (κ1) is 19.4. The van der Waals surface area contributed by atoms with Crippen molar-refractivity contribution in [1.82, 2.24) is 0 Å². The van der Waals surface area contributed by atoms with Gasteiger partial charge in [0.1, 0.15) is 6.61 Å². The highest BCUT2D eigenvalue weighted by atomic mass is 32.2. The van der Waals surface area contributed by atoms with Crippen molar-refractivity contribution in [2.75, 3.05) is 7.11 Å². The molecule has 0 saturated heterocycles. The summed E-state index contributed by atoms with van der Waals surface area (Å²) in [7, 11) is -2.49. The van der Waals surface area contributed by atoms with Crippen LogP contribution in [-0.4, -0.2) is 26.6 Å². The van der Waals surface area contributed by atoms with E-state index in [4.69, 9.17) is 14.6 Å². The van der Waals surface area contributed by atoms with Gasteiger partial charge >= 0.3 is 5.97 Å². The maximum atomic E-state index is 12.9. The Bertz CT molecular complexity index is 1090. The van der Waals surface area contributed by atoms with Gasteiger partial charge in [-0.3, -0.25) is 0 Å².